The normalized spacial score (nSPS) is 10.2. The Balaban J connectivity index is 1.72. The Hall–Kier alpha value is -2.49. The maximum Gasteiger partial charge on any atom is 0.251 e. The predicted molar refractivity (Wildman–Crippen MR) is 102 cm³/mol. The highest BCUT2D eigenvalue weighted by molar-refractivity contribution is 5.94. The fourth-order valence-electron chi connectivity index (χ4n) is 2.59. The summed E-state index contributed by atoms with van der Waals surface area (Å²) in [6.45, 7) is 7.70. The Bertz CT molecular complexity index is 607. The number of amides is 1. The molecule has 2 N–H and O–H groups in total. The monoisotopic (exact) mass is 325 g/mol. The van der Waals surface area contributed by atoms with Gasteiger partial charge in [0.1, 0.15) is 0 Å². The maximum absolute atomic E-state index is 12.2. The second kappa shape index (κ2) is 9.60. The van der Waals surface area contributed by atoms with Gasteiger partial charge in [0.2, 0.25) is 0 Å². The topological polar surface area (TPSA) is 44.4 Å². The first-order valence-electron chi connectivity index (χ1n) is 8.66. The third kappa shape index (κ3) is 5.30. The molecule has 4 nitrogen and oxygen atoms in total. The van der Waals surface area contributed by atoms with Gasteiger partial charge in [0, 0.05) is 43.1 Å². The summed E-state index contributed by atoms with van der Waals surface area (Å²) < 4.78 is 0. The van der Waals surface area contributed by atoms with Crippen LogP contribution in [-0.4, -0.2) is 32.1 Å². The summed E-state index contributed by atoms with van der Waals surface area (Å²) in [5.74, 6) is -0.0131. The van der Waals surface area contributed by atoms with Gasteiger partial charge in [-0.3, -0.25) is 4.79 Å². The minimum absolute atomic E-state index is 0.0131. The standard InChI is InChI=1S/C20H27N3O/c1-3-23(4-2)19-13-11-17(12-14-19)20(24)22-16-8-15-21-18-9-6-5-7-10-18/h5-7,9-14,21H,3-4,8,15-16H2,1-2H3,(H,22,24). The van der Waals surface area contributed by atoms with Crippen LogP contribution in [0.3, 0.4) is 0 Å². The van der Waals surface area contributed by atoms with Gasteiger partial charge in [0.15, 0.2) is 0 Å². The first kappa shape index (κ1) is 17.9. The van der Waals surface area contributed by atoms with E-state index in [-0.39, 0.29) is 5.91 Å². The molecule has 4 heteroatoms. The lowest BCUT2D eigenvalue weighted by Crippen LogP contribution is -2.26. The number of rotatable bonds is 9. The van der Waals surface area contributed by atoms with Crippen molar-refractivity contribution < 1.29 is 4.79 Å². The van der Waals surface area contributed by atoms with Gasteiger partial charge in [-0.15, -0.1) is 0 Å². The summed E-state index contributed by atoms with van der Waals surface area (Å²) in [7, 11) is 0. The lowest BCUT2D eigenvalue weighted by atomic mass is 10.2. The Morgan fingerprint density at radius 1 is 0.917 bits per heavy atom. The van der Waals surface area contributed by atoms with Crippen molar-refractivity contribution in [2.24, 2.45) is 0 Å². The molecule has 0 aliphatic carbocycles. The zero-order chi connectivity index (χ0) is 17.2. The highest BCUT2D eigenvalue weighted by Crippen LogP contribution is 2.14. The average molecular weight is 325 g/mol. The molecule has 0 saturated carbocycles. The molecule has 0 spiro atoms. The fourth-order valence-corrected chi connectivity index (χ4v) is 2.59. The molecule has 0 aromatic heterocycles. The lowest BCUT2D eigenvalue weighted by molar-refractivity contribution is 0.0953. The SMILES string of the molecule is CCN(CC)c1ccc(C(=O)NCCCNc2ccccc2)cc1. The third-order valence-corrected chi connectivity index (χ3v) is 4.00. The summed E-state index contributed by atoms with van der Waals surface area (Å²) >= 11 is 0. The molecule has 0 saturated heterocycles. The second-order valence-corrected chi connectivity index (χ2v) is 5.62. The van der Waals surface area contributed by atoms with Crippen molar-refractivity contribution in [2.75, 3.05) is 36.4 Å². The van der Waals surface area contributed by atoms with Crippen molar-refractivity contribution in [1.29, 1.82) is 0 Å². The van der Waals surface area contributed by atoms with E-state index >= 15 is 0 Å². The molecule has 2 aromatic carbocycles. The van der Waals surface area contributed by atoms with E-state index in [0.29, 0.717) is 12.1 Å². The van der Waals surface area contributed by atoms with Crippen LogP contribution in [0.4, 0.5) is 11.4 Å². The van der Waals surface area contributed by atoms with Crippen LogP contribution in [0.5, 0.6) is 0 Å². The minimum atomic E-state index is -0.0131. The molecular formula is C20H27N3O. The highest BCUT2D eigenvalue weighted by Gasteiger charge is 2.06. The van der Waals surface area contributed by atoms with Gasteiger partial charge < -0.3 is 15.5 Å². The molecule has 0 bridgehead atoms. The quantitative estimate of drug-likeness (QED) is 0.690. The number of hydrogen-bond acceptors (Lipinski definition) is 3. The fraction of sp³-hybridized carbons (Fsp3) is 0.350. The van der Waals surface area contributed by atoms with Crippen molar-refractivity contribution in [2.45, 2.75) is 20.3 Å². The third-order valence-electron chi connectivity index (χ3n) is 4.00. The second-order valence-electron chi connectivity index (χ2n) is 5.62. The van der Waals surface area contributed by atoms with Crippen molar-refractivity contribution >= 4 is 17.3 Å². The van der Waals surface area contributed by atoms with Gasteiger partial charge >= 0.3 is 0 Å². The molecule has 0 fully saturated rings. The highest BCUT2D eigenvalue weighted by atomic mass is 16.1. The summed E-state index contributed by atoms with van der Waals surface area (Å²) in [5.41, 5.74) is 2.97. The number of carbonyl (C=O) groups excluding carboxylic acids is 1. The molecule has 2 rings (SSSR count). The largest absolute Gasteiger partial charge is 0.385 e. The zero-order valence-electron chi connectivity index (χ0n) is 14.6. The van der Waals surface area contributed by atoms with Gasteiger partial charge in [0.25, 0.3) is 5.91 Å². The van der Waals surface area contributed by atoms with Gasteiger partial charge in [-0.2, -0.15) is 0 Å². The van der Waals surface area contributed by atoms with Crippen LogP contribution in [0.2, 0.25) is 0 Å². The Kier molecular flexibility index (Phi) is 7.15. The molecule has 2 aromatic rings. The molecule has 128 valence electrons. The van der Waals surface area contributed by atoms with Crippen LogP contribution in [-0.2, 0) is 0 Å². The Morgan fingerprint density at radius 3 is 2.21 bits per heavy atom. The van der Waals surface area contributed by atoms with Gasteiger partial charge in [0.05, 0.1) is 0 Å². The summed E-state index contributed by atoms with van der Waals surface area (Å²) in [6.07, 6.45) is 0.887. The van der Waals surface area contributed by atoms with Gasteiger partial charge in [-0.05, 0) is 56.7 Å². The molecule has 24 heavy (non-hydrogen) atoms. The van der Waals surface area contributed by atoms with Crippen LogP contribution in [0.25, 0.3) is 0 Å². The van der Waals surface area contributed by atoms with Crippen molar-refractivity contribution in [3.05, 3.63) is 60.2 Å². The number of benzene rings is 2. The summed E-state index contributed by atoms with van der Waals surface area (Å²) in [6, 6.07) is 17.9. The molecule has 0 atom stereocenters. The van der Waals surface area contributed by atoms with E-state index in [4.69, 9.17) is 0 Å². The smallest absolute Gasteiger partial charge is 0.251 e. The van der Waals surface area contributed by atoms with E-state index in [9.17, 15) is 4.79 Å². The van der Waals surface area contributed by atoms with Crippen LogP contribution in [0.15, 0.2) is 54.6 Å². The van der Waals surface area contributed by atoms with E-state index < -0.39 is 0 Å². The number of carbonyl (C=O) groups is 1. The lowest BCUT2D eigenvalue weighted by Gasteiger charge is -2.21. The number of nitrogens with zero attached hydrogens (tertiary/aromatic N) is 1. The summed E-state index contributed by atoms with van der Waals surface area (Å²) in [4.78, 5) is 14.4. The summed E-state index contributed by atoms with van der Waals surface area (Å²) in [5, 5.41) is 6.30. The van der Waals surface area contributed by atoms with Crippen LogP contribution >= 0.6 is 0 Å². The minimum Gasteiger partial charge on any atom is -0.385 e. The zero-order valence-corrected chi connectivity index (χ0v) is 14.6. The number of nitrogens with one attached hydrogen (secondary N) is 2. The number of anilines is 2. The van der Waals surface area contributed by atoms with Crippen LogP contribution in [0.1, 0.15) is 30.6 Å². The van der Waals surface area contributed by atoms with Crippen molar-refractivity contribution in [1.82, 2.24) is 5.32 Å². The van der Waals surface area contributed by atoms with E-state index in [2.05, 4.69) is 29.4 Å². The molecule has 0 aliphatic rings. The van der Waals surface area contributed by atoms with Crippen molar-refractivity contribution in [3.8, 4) is 0 Å². The van der Waals surface area contributed by atoms with E-state index in [0.717, 1.165) is 37.4 Å². The van der Waals surface area contributed by atoms with Crippen molar-refractivity contribution in [3.63, 3.8) is 0 Å². The van der Waals surface area contributed by atoms with Gasteiger partial charge in [-0.25, -0.2) is 0 Å². The molecule has 1 amide bonds. The van der Waals surface area contributed by atoms with Crippen LogP contribution < -0.4 is 15.5 Å². The molecule has 0 heterocycles. The first-order chi connectivity index (χ1) is 11.7. The van der Waals surface area contributed by atoms with E-state index in [1.54, 1.807) is 0 Å². The predicted octanol–water partition coefficient (Wildman–Crippen LogP) is 3.76. The maximum atomic E-state index is 12.2. The van der Waals surface area contributed by atoms with Crippen LogP contribution in [0, 0.1) is 0 Å². The Labute approximate surface area is 144 Å². The number of hydrogen-bond donors (Lipinski definition) is 2. The van der Waals surface area contributed by atoms with E-state index in [1.165, 1.54) is 0 Å². The average Bonchev–Trinajstić information content (AvgIpc) is 2.64. The van der Waals surface area contributed by atoms with E-state index in [1.807, 2.05) is 54.6 Å². The molecule has 0 radical (unpaired) electrons. The first-order valence-corrected chi connectivity index (χ1v) is 8.66. The Morgan fingerprint density at radius 2 is 1.58 bits per heavy atom. The molecule has 0 unspecified atom stereocenters. The van der Waals surface area contributed by atoms with Gasteiger partial charge in [-0.1, -0.05) is 18.2 Å². The molecule has 0 aliphatic heterocycles. The number of para-hydroxylation sites is 1. The molecular weight excluding hydrogens is 298 g/mol.